The Morgan fingerprint density at radius 3 is 0.793 bits per heavy atom. The topological polar surface area (TPSA) is 135 Å². The number of alkyl halides is 13. The fraction of sp³-hybridized carbons (Fsp3) is 1.00. The molecule has 0 aliphatic rings. The Hall–Kier alpha value is -1.14. The van der Waals surface area contributed by atoms with E-state index in [9.17, 15) is 73.9 Å². The Morgan fingerprint density at radius 2 is 0.690 bits per heavy atom. The fourth-order valence-electron chi connectivity index (χ4n) is 0.554. The molecule has 0 bridgehead atoms. The van der Waals surface area contributed by atoms with Crippen molar-refractivity contribution in [3.8, 4) is 0 Å². The largest absolute Gasteiger partial charge is 0.522 e. The summed E-state index contributed by atoms with van der Waals surface area (Å²) in [5, 5.41) is -13.9. The second kappa shape index (κ2) is 7.84. The van der Waals surface area contributed by atoms with Gasteiger partial charge in [0.25, 0.3) is 20.0 Å². The molecule has 0 spiro atoms. The predicted molar refractivity (Wildman–Crippen MR) is 60.6 cm³/mol. The maximum absolute atomic E-state index is 12.4. The second-order valence-corrected chi connectivity index (χ2v) is 9.16. The van der Waals surface area contributed by atoms with E-state index in [1.54, 1.807) is 0 Å². The van der Waals surface area contributed by atoms with Gasteiger partial charge >= 0.3 is 38.5 Å². The summed E-state index contributed by atoms with van der Waals surface area (Å²) in [5.74, 6) is 0. The quantitative estimate of drug-likeness (QED) is 0.322. The molecule has 0 heterocycles. The van der Waals surface area contributed by atoms with Crippen LogP contribution in [0.25, 0.3) is 0 Å². The monoisotopic (exact) mass is 531 g/mol. The average Bonchev–Trinajstić information content (AvgIpc) is 2.32. The van der Waals surface area contributed by atoms with E-state index >= 15 is 0 Å². The number of halogens is 13. The van der Waals surface area contributed by atoms with Crippen LogP contribution in [0.3, 0.4) is 0 Å². The minimum Gasteiger partial charge on any atom is -0.279 e. The van der Waals surface area contributed by atoms with Gasteiger partial charge in [-0.05, 0) is 0 Å². The highest BCUT2D eigenvalue weighted by Crippen LogP contribution is 2.43. The molecular formula is C5H2F13NO7S3. The van der Waals surface area contributed by atoms with Crippen molar-refractivity contribution in [3.05, 3.63) is 0 Å². The molecule has 0 aliphatic carbocycles. The minimum absolute atomic E-state index is 0.969. The van der Waals surface area contributed by atoms with Crippen molar-refractivity contribution in [2.75, 3.05) is 0 Å². The van der Waals surface area contributed by atoms with E-state index < -0.39 is 62.7 Å². The summed E-state index contributed by atoms with van der Waals surface area (Å²) in [4.78, 5) is 0. The van der Waals surface area contributed by atoms with Gasteiger partial charge in [-0.2, -0.15) is 65.5 Å². The Morgan fingerprint density at radius 1 is 0.517 bits per heavy atom. The van der Waals surface area contributed by atoms with E-state index in [-0.39, 0.29) is 0 Å². The summed E-state index contributed by atoms with van der Waals surface area (Å²) in [6, 6.07) is 0. The first-order valence-corrected chi connectivity index (χ1v) is 9.57. The lowest BCUT2D eigenvalue weighted by molar-refractivity contribution is -0.242. The van der Waals surface area contributed by atoms with Crippen molar-refractivity contribution in [2.24, 2.45) is 0 Å². The summed E-state index contributed by atoms with van der Waals surface area (Å²) < 4.78 is 218. The van der Waals surface area contributed by atoms with Crippen LogP contribution in [0.4, 0.5) is 57.1 Å². The van der Waals surface area contributed by atoms with E-state index in [4.69, 9.17) is 13.0 Å². The van der Waals surface area contributed by atoms with Crippen LogP contribution in [0.2, 0.25) is 0 Å². The Kier molecular flexibility index (Phi) is 8.13. The van der Waals surface area contributed by atoms with Crippen molar-refractivity contribution < 1.29 is 86.9 Å². The van der Waals surface area contributed by atoms with Crippen molar-refractivity contribution in [2.45, 2.75) is 28.4 Å². The molecule has 0 fully saturated rings. The zero-order valence-electron chi connectivity index (χ0n) is 12.0. The second-order valence-electron chi connectivity index (χ2n) is 4.04. The molecule has 24 heteroatoms. The van der Waals surface area contributed by atoms with E-state index in [0.29, 0.717) is 0 Å². The molecule has 0 amide bonds. The summed E-state index contributed by atoms with van der Waals surface area (Å²) in [6.07, 6.45) is -13.9. The van der Waals surface area contributed by atoms with Crippen LogP contribution in [0.5, 0.6) is 0 Å². The molecule has 0 unspecified atom stereocenters. The molecule has 0 aromatic rings. The molecule has 0 saturated heterocycles. The van der Waals surface area contributed by atoms with E-state index in [2.05, 4.69) is 0 Å². The van der Waals surface area contributed by atoms with Gasteiger partial charge in [-0.1, -0.05) is 4.13 Å². The molecule has 0 atom stereocenters. The zero-order chi connectivity index (χ0) is 24.7. The molecule has 0 saturated carbocycles. The number of nitrogens with one attached hydrogen (secondary N) is 1. The van der Waals surface area contributed by atoms with Gasteiger partial charge in [0, 0.05) is 0 Å². The standard InChI is InChI=1S/C4HF10NO4S2.CHF3O3S/c5-1(6,7)3(11,12)20(16,17)15-21(18,19)4(13,14)2(8,9)10;2-1(3,4)8(5,6)7/h15H;(H,5,6,7). The van der Waals surface area contributed by atoms with Gasteiger partial charge in [0.05, 0.1) is 0 Å². The summed E-state index contributed by atoms with van der Waals surface area (Å²) in [7, 11) is -20.8. The maximum Gasteiger partial charge on any atom is 0.522 e. The summed E-state index contributed by atoms with van der Waals surface area (Å²) in [6.45, 7) is 0. The Labute approximate surface area is 150 Å². The highest BCUT2D eigenvalue weighted by Gasteiger charge is 2.73. The van der Waals surface area contributed by atoms with Gasteiger partial charge in [-0.3, -0.25) is 4.55 Å². The van der Waals surface area contributed by atoms with Crippen molar-refractivity contribution in [1.29, 1.82) is 0 Å². The highest BCUT2D eigenvalue weighted by molar-refractivity contribution is 8.05. The molecule has 0 aromatic carbocycles. The van der Waals surface area contributed by atoms with Gasteiger partial charge in [0.1, 0.15) is 0 Å². The average molecular weight is 531 g/mol. The lowest BCUT2D eigenvalue weighted by Gasteiger charge is -2.23. The predicted octanol–water partition coefficient (Wildman–Crippen LogP) is 1.94. The lowest BCUT2D eigenvalue weighted by atomic mass is 10.7. The normalized spacial score (nSPS) is 15.5. The molecule has 0 rings (SSSR count). The fourth-order valence-corrected chi connectivity index (χ4v) is 3.16. The van der Waals surface area contributed by atoms with Crippen LogP contribution in [0, 0.1) is 0 Å². The minimum atomic E-state index is -7.49. The molecule has 2 N–H and O–H groups in total. The van der Waals surface area contributed by atoms with Crippen LogP contribution in [0.15, 0.2) is 0 Å². The van der Waals surface area contributed by atoms with Crippen molar-refractivity contribution >= 4 is 30.2 Å². The third-order valence-electron chi connectivity index (χ3n) is 1.85. The lowest BCUT2D eigenvalue weighted by Crippen LogP contribution is -2.57. The van der Waals surface area contributed by atoms with Crippen LogP contribution in [0.1, 0.15) is 0 Å². The Bertz CT molecular complexity index is 838. The third-order valence-corrected chi connectivity index (χ3v) is 6.00. The molecule has 8 nitrogen and oxygen atoms in total. The van der Waals surface area contributed by atoms with Crippen LogP contribution >= 0.6 is 0 Å². The number of sulfonamides is 2. The van der Waals surface area contributed by atoms with E-state index in [1.165, 1.54) is 0 Å². The van der Waals surface area contributed by atoms with Crippen LogP contribution in [-0.4, -0.2) is 58.2 Å². The molecule has 0 aliphatic heterocycles. The SMILES string of the molecule is O=S(=O)(NS(=O)(=O)C(F)(F)C(F)(F)F)C(F)(F)C(F)(F)F.O=S(=O)(O)C(F)(F)F. The zero-order valence-corrected chi connectivity index (χ0v) is 14.5. The van der Waals surface area contributed by atoms with Crippen LogP contribution < -0.4 is 4.13 Å². The smallest absolute Gasteiger partial charge is 0.279 e. The van der Waals surface area contributed by atoms with Gasteiger partial charge in [0.15, 0.2) is 0 Å². The highest BCUT2D eigenvalue weighted by atomic mass is 32.3. The van der Waals surface area contributed by atoms with Gasteiger partial charge in [-0.15, -0.1) is 0 Å². The number of hydrogen-bond acceptors (Lipinski definition) is 6. The van der Waals surface area contributed by atoms with E-state index in [1.807, 2.05) is 0 Å². The number of hydrogen-bond donors (Lipinski definition) is 2. The van der Waals surface area contributed by atoms with Crippen molar-refractivity contribution in [1.82, 2.24) is 4.13 Å². The summed E-state index contributed by atoms with van der Waals surface area (Å²) >= 11 is 0. The number of rotatable bonds is 4. The van der Waals surface area contributed by atoms with Gasteiger partial charge in [0.2, 0.25) is 0 Å². The third kappa shape index (κ3) is 6.68. The first-order valence-electron chi connectivity index (χ1n) is 5.16. The van der Waals surface area contributed by atoms with Crippen LogP contribution in [-0.2, 0) is 30.2 Å². The van der Waals surface area contributed by atoms with Gasteiger partial charge in [-0.25, -0.2) is 16.8 Å². The molecule has 29 heavy (non-hydrogen) atoms. The molecular weight excluding hydrogens is 529 g/mol. The first kappa shape index (κ1) is 30.1. The summed E-state index contributed by atoms with van der Waals surface area (Å²) in [5.41, 5.74) is -5.53. The van der Waals surface area contributed by atoms with E-state index in [0.717, 1.165) is 0 Å². The van der Waals surface area contributed by atoms with Gasteiger partial charge < -0.3 is 0 Å². The molecule has 0 aromatic heterocycles. The molecule has 0 radical (unpaired) electrons. The maximum atomic E-state index is 12.4. The molecule has 178 valence electrons. The first-order chi connectivity index (χ1) is 12.0. The van der Waals surface area contributed by atoms with Crippen molar-refractivity contribution in [3.63, 3.8) is 0 Å². The Balaban J connectivity index is 0.